The van der Waals surface area contributed by atoms with E-state index in [4.69, 9.17) is 9.84 Å². The van der Waals surface area contributed by atoms with Crippen LogP contribution in [0, 0.1) is 0 Å². The summed E-state index contributed by atoms with van der Waals surface area (Å²) in [5.74, 6) is -0.482. The van der Waals surface area contributed by atoms with Crippen LogP contribution in [0.15, 0.2) is 47.4 Å². The van der Waals surface area contributed by atoms with Crippen LogP contribution in [0.2, 0.25) is 0 Å². The summed E-state index contributed by atoms with van der Waals surface area (Å²) < 4.78 is 6.41. The largest absolute Gasteiger partial charge is 0.497 e. The van der Waals surface area contributed by atoms with Crippen molar-refractivity contribution >= 4 is 5.97 Å². The molecule has 19 heavy (non-hydrogen) atoms. The van der Waals surface area contributed by atoms with E-state index in [2.05, 4.69) is 0 Å². The highest BCUT2D eigenvalue weighted by Gasteiger charge is 2.10. The first kappa shape index (κ1) is 12.9. The van der Waals surface area contributed by atoms with Gasteiger partial charge in [0.2, 0.25) is 0 Å². The summed E-state index contributed by atoms with van der Waals surface area (Å²) in [5, 5.41) is 8.89. The normalized spacial score (nSPS) is 10.2. The van der Waals surface area contributed by atoms with Gasteiger partial charge in [0.05, 0.1) is 13.7 Å². The van der Waals surface area contributed by atoms with Gasteiger partial charge in [-0.1, -0.05) is 12.1 Å². The molecular formula is C14H13NO4. The summed E-state index contributed by atoms with van der Waals surface area (Å²) in [4.78, 5) is 22.8. The first-order chi connectivity index (χ1) is 9.11. The van der Waals surface area contributed by atoms with Crippen LogP contribution in [0.25, 0.3) is 0 Å². The van der Waals surface area contributed by atoms with Crippen LogP contribution in [0.5, 0.6) is 5.75 Å². The quantitative estimate of drug-likeness (QED) is 0.905. The van der Waals surface area contributed by atoms with E-state index in [0.29, 0.717) is 6.54 Å². The van der Waals surface area contributed by atoms with Crippen molar-refractivity contribution in [1.82, 2.24) is 4.57 Å². The van der Waals surface area contributed by atoms with Gasteiger partial charge in [-0.05, 0) is 29.8 Å². The molecule has 0 radical (unpaired) electrons. The number of rotatable bonds is 4. The first-order valence-corrected chi connectivity index (χ1v) is 5.67. The van der Waals surface area contributed by atoms with Crippen molar-refractivity contribution in [2.24, 2.45) is 0 Å². The molecule has 1 aromatic heterocycles. The summed E-state index contributed by atoms with van der Waals surface area (Å²) in [5.41, 5.74) is 0.160. The fraction of sp³-hybridized carbons (Fsp3) is 0.143. The molecule has 98 valence electrons. The zero-order valence-electron chi connectivity index (χ0n) is 10.4. The van der Waals surface area contributed by atoms with E-state index in [0.717, 1.165) is 11.3 Å². The van der Waals surface area contributed by atoms with Crippen molar-refractivity contribution in [2.75, 3.05) is 7.11 Å². The molecule has 0 atom stereocenters. The van der Waals surface area contributed by atoms with Crippen molar-refractivity contribution in [3.05, 3.63) is 64.1 Å². The standard InChI is InChI=1S/C14H13NO4/c1-19-11-6-4-10(5-7-11)9-15-8-2-3-12(13(15)16)14(17)18/h2-8H,9H2,1H3,(H,17,18). The van der Waals surface area contributed by atoms with E-state index in [1.165, 1.54) is 10.6 Å². The van der Waals surface area contributed by atoms with Crippen molar-refractivity contribution in [1.29, 1.82) is 0 Å². The molecule has 1 N–H and O–H groups in total. The second-order valence-corrected chi connectivity index (χ2v) is 4.01. The average Bonchev–Trinajstić information content (AvgIpc) is 2.41. The molecule has 0 fully saturated rings. The van der Waals surface area contributed by atoms with Crippen molar-refractivity contribution in [2.45, 2.75) is 6.54 Å². The number of aromatic nitrogens is 1. The smallest absolute Gasteiger partial charge is 0.341 e. The fourth-order valence-corrected chi connectivity index (χ4v) is 1.75. The Morgan fingerprint density at radius 1 is 1.26 bits per heavy atom. The lowest BCUT2D eigenvalue weighted by molar-refractivity contribution is 0.0694. The van der Waals surface area contributed by atoms with Crippen molar-refractivity contribution in [3.8, 4) is 5.75 Å². The second kappa shape index (κ2) is 5.39. The topological polar surface area (TPSA) is 68.5 Å². The molecule has 0 bridgehead atoms. The van der Waals surface area contributed by atoms with Gasteiger partial charge in [-0.3, -0.25) is 4.79 Å². The number of carboxylic acid groups (broad SMARTS) is 1. The minimum atomic E-state index is -1.21. The van der Waals surface area contributed by atoms with Crippen LogP contribution >= 0.6 is 0 Å². The SMILES string of the molecule is COc1ccc(Cn2cccc(C(=O)O)c2=O)cc1. The summed E-state index contributed by atoms with van der Waals surface area (Å²) >= 11 is 0. The minimum Gasteiger partial charge on any atom is -0.497 e. The summed E-state index contributed by atoms with van der Waals surface area (Å²) in [6.45, 7) is 0.323. The van der Waals surface area contributed by atoms with Gasteiger partial charge in [0.25, 0.3) is 5.56 Å². The molecule has 0 aliphatic carbocycles. The van der Waals surface area contributed by atoms with Gasteiger partial charge in [-0.15, -0.1) is 0 Å². The molecule has 0 saturated carbocycles. The van der Waals surface area contributed by atoms with Crippen LogP contribution in [0.3, 0.4) is 0 Å². The molecule has 0 saturated heterocycles. The maximum absolute atomic E-state index is 11.9. The minimum absolute atomic E-state index is 0.226. The van der Waals surface area contributed by atoms with Crippen LogP contribution < -0.4 is 10.3 Å². The molecule has 5 heteroatoms. The number of hydrogen-bond donors (Lipinski definition) is 1. The molecule has 0 spiro atoms. The Labute approximate surface area is 109 Å². The molecule has 0 aliphatic rings. The van der Waals surface area contributed by atoms with E-state index in [1.54, 1.807) is 31.5 Å². The lowest BCUT2D eigenvalue weighted by atomic mass is 10.2. The number of ether oxygens (including phenoxy) is 1. The van der Waals surface area contributed by atoms with E-state index in [1.807, 2.05) is 12.1 Å². The third-order valence-corrected chi connectivity index (χ3v) is 2.76. The lowest BCUT2D eigenvalue weighted by Gasteiger charge is -2.07. The van der Waals surface area contributed by atoms with Crippen molar-refractivity contribution in [3.63, 3.8) is 0 Å². The Kier molecular flexibility index (Phi) is 3.66. The Bertz CT molecular complexity index is 643. The lowest BCUT2D eigenvalue weighted by Crippen LogP contribution is -2.25. The predicted molar refractivity (Wildman–Crippen MR) is 69.8 cm³/mol. The van der Waals surface area contributed by atoms with E-state index >= 15 is 0 Å². The maximum atomic E-state index is 11.9. The fourth-order valence-electron chi connectivity index (χ4n) is 1.75. The van der Waals surface area contributed by atoms with Gasteiger partial charge in [0.1, 0.15) is 11.3 Å². The van der Waals surface area contributed by atoms with Gasteiger partial charge < -0.3 is 14.4 Å². The van der Waals surface area contributed by atoms with Gasteiger partial charge >= 0.3 is 5.97 Å². The van der Waals surface area contributed by atoms with Gasteiger partial charge in [0, 0.05) is 6.20 Å². The number of aromatic carboxylic acids is 1. The number of pyridine rings is 1. The number of nitrogens with zero attached hydrogens (tertiary/aromatic N) is 1. The molecule has 2 rings (SSSR count). The molecule has 2 aromatic rings. The number of methoxy groups -OCH3 is 1. The first-order valence-electron chi connectivity index (χ1n) is 5.67. The molecule has 5 nitrogen and oxygen atoms in total. The van der Waals surface area contributed by atoms with Gasteiger partial charge in [-0.2, -0.15) is 0 Å². The van der Waals surface area contributed by atoms with E-state index in [-0.39, 0.29) is 5.56 Å². The number of carbonyl (C=O) groups is 1. The maximum Gasteiger partial charge on any atom is 0.341 e. The zero-order valence-corrected chi connectivity index (χ0v) is 10.4. The molecule has 0 amide bonds. The van der Waals surface area contributed by atoms with Gasteiger partial charge in [0.15, 0.2) is 0 Å². The van der Waals surface area contributed by atoms with Gasteiger partial charge in [-0.25, -0.2) is 4.79 Å². The van der Waals surface area contributed by atoms with E-state index < -0.39 is 11.5 Å². The van der Waals surface area contributed by atoms with E-state index in [9.17, 15) is 9.59 Å². The number of hydrogen-bond acceptors (Lipinski definition) is 3. The Morgan fingerprint density at radius 3 is 2.53 bits per heavy atom. The summed E-state index contributed by atoms with van der Waals surface area (Å²) in [7, 11) is 1.58. The number of carboxylic acids is 1. The van der Waals surface area contributed by atoms with Crippen LogP contribution in [0.1, 0.15) is 15.9 Å². The van der Waals surface area contributed by atoms with Crippen LogP contribution in [-0.4, -0.2) is 22.8 Å². The Hall–Kier alpha value is -2.56. The number of benzene rings is 1. The molecule has 0 aliphatic heterocycles. The Morgan fingerprint density at radius 2 is 1.95 bits per heavy atom. The highest BCUT2D eigenvalue weighted by atomic mass is 16.5. The Balaban J connectivity index is 2.30. The molecule has 0 unspecified atom stereocenters. The molecule has 1 heterocycles. The third kappa shape index (κ3) is 2.82. The predicted octanol–water partition coefficient (Wildman–Crippen LogP) is 1.60. The highest BCUT2D eigenvalue weighted by molar-refractivity contribution is 5.86. The monoisotopic (exact) mass is 259 g/mol. The van der Waals surface area contributed by atoms with Crippen LogP contribution in [-0.2, 0) is 6.54 Å². The molecular weight excluding hydrogens is 246 g/mol. The highest BCUT2D eigenvalue weighted by Crippen LogP contribution is 2.11. The summed E-state index contributed by atoms with van der Waals surface area (Å²) in [6, 6.07) is 10.1. The summed E-state index contributed by atoms with van der Waals surface area (Å²) in [6.07, 6.45) is 1.57. The molecule has 1 aromatic carbocycles. The van der Waals surface area contributed by atoms with Crippen LogP contribution in [0.4, 0.5) is 0 Å². The zero-order chi connectivity index (χ0) is 13.8. The third-order valence-electron chi connectivity index (χ3n) is 2.76. The second-order valence-electron chi connectivity index (χ2n) is 4.01. The average molecular weight is 259 g/mol. The van der Waals surface area contributed by atoms with Crippen molar-refractivity contribution < 1.29 is 14.6 Å².